The third kappa shape index (κ3) is 9.79. The van der Waals surface area contributed by atoms with Crippen LogP contribution >= 0.6 is 12.6 Å². The fraction of sp³-hybridized carbons (Fsp3) is 0.421. The molecule has 4 aromatic rings. The molecule has 0 spiro atoms. The van der Waals surface area contributed by atoms with Crippen LogP contribution < -0.4 is 31.9 Å². The van der Waals surface area contributed by atoms with Gasteiger partial charge in [-0.15, -0.1) is 0 Å². The number of hydrogen-bond acceptors (Lipinski definition) is 8. The van der Waals surface area contributed by atoms with Gasteiger partial charge in [-0.1, -0.05) is 50.2 Å². The smallest absolute Gasteiger partial charge is 0.326 e. The van der Waals surface area contributed by atoms with E-state index in [1.807, 2.05) is 48.5 Å². The fourth-order valence-electron chi connectivity index (χ4n) is 6.55. The number of aromatic nitrogens is 2. The van der Waals surface area contributed by atoms with Gasteiger partial charge in [0, 0.05) is 52.8 Å². The summed E-state index contributed by atoms with van der Waals surface area (Å²) in [6.07, 6.45) is 5.13. The molecule has 0 radical (unpaired) electrons. The summed E-state index contributed by atoms with van der Waals surface area (Å²) in [4.78, 5) is 85.3. The minimum absolute atomic E-state index is 0.00652. The summed E-state index contributed by atoms with van der Waals surface area (Å²) in [7, 11) is 0. The van der Waals surface area contributed by atoms with Crippen LogP contribution in [0.4, 0.5) is 0 Å². The normalized spacial score (nSPS) is 16.9. The third-order valence-electron chi connectivity index (χ3n) is 9.64. The molecule has 2 aromatic carbocycles. The molecule has 16 heteroatoms. The number of benzene rings is 2. The molecule has 0 bridgehead atoms. The van der Waals surface area contributed by atoms with Crippen LogP contribution in [-0.2, 0) is 41.6 Å². The molecule has 0 aliphatic carbocycles. The standard InChI is InChI=1S/C38H48N8O7S/c1-20(2)32(37(51)44-30(38(52)53)16-23-18-41-27-12-7-5-10-25(23)27)46-36(50)31(19-54)45-33(47)21(3)42-35(49)29(43-34(48)28-13-8-14-39-28)15-22-17-40-26-11-6-4-9-24(22)26/h4-7,9-12,17-18,20-21,28-32,39-41,54H,8,13-16,19H2,1-3H3,(H,42,49)(H,43,48)(H,44,51)(H,45,47)(H,46,50)(H,52,53)/t21-,28-,29-,30-,31-,32-/m0/s1. The predicted octanol–water partition coefficient (Wildman–Crippen LogP) is 1.30. The molecule has 1 aliphatic heterocycles. The summed E-state index contributed by atoms with van der Waals surface area (Å²) in [6, 6.07) is 8.83. The number of rotatable bonds is 17. The van der Waals surface area contributed by atoms with Crippen molar-refractivity contribution in [3.05, 3.63) is 72.1 Å². The van der Waals surface area contributed by atoms with Gasteiger partial charge in [0.05, 0.1) is 6.04 Å². The monoisotopic (exact) mass is 760 g/mol. The molecule has 54 heavy (non-hydrogen) atoms. The van der Waals surface area contributed by atoms with Crippen molar-refractivity contribution in [2.75, 3.05) is 12.3 Å². The first-order chi connectivity index (χ1) is 25.9. The van der Waals surface area contributed by atoms with E-state index < -0.39 is 71.8 Å². The zero-order valence-electron chi connectivity index (χ0n) is 30.4. The van der Waals surface area contributed by atoms with E-state index in [4.69, 9.17) is 0 Å². The molecule has 5 rings (SSSR count). The maximum atomic E-state index is 13.6. The number of carbonyl (C=O) groups excluding carboxylic acids is 5. The summed E-state index contributed by atoms with van der Waals surface area (Å²) in [5.74, 6) is -4.84. The number of nitrogens with one attached hydrogen (secondary N) is 8. The zero-order chi connectivity index (χ0) is 38.9. The Hall–Kier alpha value is -5.35. The zero-order valence-corrected chi connectivity index (χ0v) is 31.3. The second-order valence-electron chi connectivity index (χ2n) is 13.9. The number of aromatic amines is 2. The number of carbonyl (C=O) groups is 6. The first kappa shape index (κ1) is 39.8. The number of aliphatic carboxylic acids is 1. The van der Waals surface area contributed by atoms with Gasteiger partial charge in [-0.25, -0.2) is 4.79 Å². The first-order valence-corrected chi connectivity index (χ1v) is 18.7. The van der Waals surface area contributed by atoms with Crippen LogP contribution in [0.15, 0.2) is 60.9 Å². The molecular formula is C38H48N8O7S. The largest absolute Gasteiger partial charge is 0.480 e. The van der Waals surface area contributed by atoms with Gasteiger partial charge in [0.15, 0.2) is 0 Å². The van der Waals surface area contributed by atoms with E-state index in [1.165, 1.54) is 6.92 Å². The molecule has 5 amide bonds. The number of amides is 5. The van der Waals surface area contributed by atoms with E-state index in [0.29, 0.717) is 18.5 Å². The van der Waals surface area contributed by atoms with E-state index >= 15 is 0 Å². The highest BCUT2D eigenvalue weighted by molar-refractivity contribution is 7.80. The van der Waals surface area contributed by atoms with E-state index in [1.54, 1.807) is 26.2 Å². The third-order valence-corrected chi connectivity index (χ3v) is 10.0. The van der Waals surface area contributed by atoms with E-state index in [0.717, 1.165) is 33.8 Å². The lowest BCUT2D eigenvalue weighted by Gasteiger charge is -2.27. The number of thiol groups is 1. The lowest BCUT2D eigenvalue weighted by atomic mass is 10.0. The van der Waals surface area contributed by atoms with E-state index in [2.05, 4.69) is 54.5 Å². The number of carboxylic acids is 1. The van der Waals surface area contributed by atoms with Gasteiger partial charge in [0.1, 0.15) is 30.2 Å². The number of hydrogen-bond donors (Lipinski definition) is 10. The van der Waals surface area contributed by atoms with E-state index in [9.17, 15) is 33.9 Å². The van der Waals surface area contributed by atoms with Gasteiger partial charge in [0.2, 0.25) is 29.5 Å². The van der Waals surface area contributed by atoms with E-state index in [-0.39, 0.29) is 24.5 Å². The van der Waals surface area contributed by atoms with Crippen molar-refractivity contribution in [3.8, 4) is 0 Å². The van der Waals surface area contributed by atoms with Crippen molar-refractivity contribution in [3.63, 3.8) is 0 Å². The summed E-state index contributed by atoms with van der Waals surface area (Å²) in [6.45, 7) is 5.54. The Morgan fingerprint density at radius 2 is 1.28 bits per heavy atom. The molecule has 1 saturated heterocycles. The molecule has 6 atom stereocenters. The van der Waals surface area contributed by atoms with Gasteiger partial charge in [-0.2, -0.15) is 12.6 Å². The second-order valence-corrected chi connectivity index (χ2v) is 14.3. The molecule has 1 aliphatic rings. The van der Waals surface area contributed by atoms with Crippen molar-refractivity contribution in [2.45, 2.75) is 82.7 Å². The highest BCUT2D eigenvalue weighted by Gasteiger charge is 2.33. The molecular weight excluding hydrogens is 713 g/mol. The highest BCUT2D eigenvalue weighted by atomic mass is 32.1. The molecule has 288 valence electrons. The summed E-state index contributed by atoms with van der Waals surface area (Å²) >= 11 is 4.25. The highest BCUT2D eigenvalue weighted by Crippen LogP contribution is 2.21. The van der Waals surface area contributed by atoms with Crippen LogP contribution in [-0.4, -0.2) is 99.1 Å². The van der Waals surface area contributed by atoms with Crippen LogP contribution in [0.1, 0.15) is 44.7 Å². The van der Waals surface area contributed by atoms with Gasteiger partial charge in [0.25, 0.3) is 0 Å². The van der Waals surface area contributed by atoms with Gasteiger partial charge in [-0.3, -0.25) is 24.0 Å². The van der Waals surface area contributed by atoms with Gasteiger partial charge >= 0.3 is 5.97 Å². The maximum Gasteiger partial charge on any atom is 0.326 e. The average Bonchev–Trinajstić information content (AvgIpc) is 3.93. The minimum atomic E-state index is -1.28. The lowest BCUT2D eigenvalue weighted by Crippen LogP contribution is -2.60. The summed E-state index contributed by atoms with van der Waals surface area (Å²) < 4.78 is 0. The fourth-order valence-corrected chi connectivity index (χ4v) is 6.81. The molecule has 0 saturated carbocycles. The molecule has 2 aromatic heterocycles. The number of H-pyrrole nitrogens is 2. The number of carboxylic acid groups (broad SMARTS) is 1. The molecule has 3 heterocycles. The molecule has 15 nitrogen and oxygen atoms in total. The minimum Gasteiger partial charge on any atom is -0.480 e. The topological polar surface area (TPSA) is 226 Å². The quantitative estimate of drug-likeness (QED) is 0.0705. The van der Waals surface area contributed by atoms with Crippen LogP contribution in [0.25, 0.3) is 21.8 Å². The molecule has 0 unspecified atom stereocenters. The Bertz CT molecular complexity index is 1990. The van der Waals surface area contributed by atoms with Gasteiger partial charge < -0.3 is 47.0 Å². The average molecular weight is 761 g/mol. The van der Waals surface area contributed by atoms with Crippen molar-refractivity contribution < 1.29 is 33.9 Å². The second kappa shape index (κ2) is 18.1. The van der Waals surface area contributed by atoms with Crippen LogP contribution in [0.2, 0.25) is 0 Å². The maximum absolute atomic E-state index is 13.6. The number of fused-ring (bicyclic) bond motifs is 2. The van der Waals surface area contributed by atoms with Gasteiger partial charge in [-0.05, 0) is 55.5 Å². The first-order valence-electron chi connectivity index (χ1n) is 18.0. The predicted molar refractivity (Wildman–Crippen MR) is 207 cm³/mol. The Labute approximate surface area is 318 Å². The van der Waals surface area contributed by atoms with Crippen molar-refractivity contribution in [1.29, 1.82) is 0 Å². The van der Waals surface area contributed by atoms with Crippen molar-refractivity contribution in [1.82, 2.24) is 41.9 Å². The van der Waals surface area contributed by atoms with Crippen LogP contribution in [0.5, 0.6) is 0 Å². The van der Waals surface area contributed by atoms with Crippen LogP contribution in [0.3, 0.4) is 0 Å². The Balaban J connectivity index is 1.20. The SMILES string of the molecule is CC(C)[C@H](NC(=O)[C@H](CS)NC(=O)[C@H](C)NC(=O)[C@H](Cc1c[nH]c2ccccc12)NC(=O)[C@@H]1CCCN1)C(=O)N[C@@H](Cc1c[nH]c2ccccc12)C(=O)O. The summed E-state index contributed by atoms with van der Waals surface area (Å²) in [5, 5.41) is 28.1. The summed E-state index contributed by atoms with van der Waals surface area (Å²) in [5.41, 5.74) is 3.23. The lowest BCUT2D eigenvalue weighted by molar-refractivity contribution is -0.142. The van der Waals surface area contributed by atoms with Crippen molar-refractivity contribution >= 4 is 69.9 Å². The Morgan fingerprint density at radius 1 is 0.722 bits per heavy atom. The Kier molecular flexibility index (Phi) is 13.4. The molecule has 9 N–H and O–H groups in total. The van der Waals surface area contributed by atoms with Crippen molar-refractivity contribution in [2.24, 2.45) is 5.92 Å². The Morgan fingerprint density at radius 3 is 1.81 bits per heavy atom. The molecule has 1 fully saturated rings. The van der Waals surface area contributed by atoms with Crippen LogP contribution in [0, 0.1) is 5.92 Å². The number of para-hydroxylation sites is 2.